The van der Waals surface area contributed by atoms with Gasteiger partial charge in [0.2, 0.25) is 0 Å². The van der Waals surface area contributed by atoms with E-state index in [1.54, 1.807) is 31.2 Å². The average Bonchev–Trinajstić information content (AvgIpc) is 2.66. The second kappa shape index (κ2) is 9.99. The lowest BCUT2D eigenvalue weighted by atomic mass is 10.1. The molecule has 2 rings (SSSR count). The van der Waals surface area contributed by atoms with Crippen LogP contribution in [0.5, 0.6) is 0 Å². The van der Waals surface area contributed by atoms with Gasteiger partial charge in [-0.25, -0.2) is 4.79 Å². The third-order valence-corrected chi connectivity index (χ3v) is 4.87. The number of nitrogen functional groups attached to an aromatic ring is 1. The summed E-state index contributed by atoms with van der Waals surface area (Å²) in [4.78, 5) is 16.1. The number of methoxy groups -OCH3 is 1. The van der Waals surface area contributed by atoms with Crippen molar-refractivity contribution in [3.63, 3.8) is 0 Å². The molecule has 0 aliphatic carbocycles. The number of carbonyl (C=O) groups is 1. The zero-order valence-corrected chi connectivity index (χ0v) is 17.1. The van der Waals surface area contributed by atoms with Crippen molar-refractivity contribution in [2.75, 3.05) is 39.5 Å². The number of carbonyl (C=O) groups excluding carboxylic acids is 1. The fraction of sp³-hybridized carbons (Fsp3) is 0.409. The van der Waals surface area contributed by atoms with Crippen LogP contribution in [0.2, 0.25) is 0 Å². The Hall–Kier alpha value is -2.73. The van der Waals surface area contributed by atoms with Crippen LogP contribution in [0.3, 0.4) is 0 Å². The molecule has 1 aromatic carbocycles. The van der Waals surface area contributed by atoms with Gasteiger partial charge in [-0.1, -0.05) is 32.2 Å². The highest BCUT2D eigenvalue weighted by Gasteiger charge is 2.33. The van der Waals surface area contributed by atoms with Gasteiger partial charge in [0, 0.05) is 33.8 Å². The van der Waals surface area contributed by atoms with Crippen LogP contribution in [-0.4, -0.2) is 55.7 Å². The van der Waals surface area contributed by atoms with Crippen LogP contribution in [0.25, 0.3) is 0 Å². The molecule has 1 aromatic rings. The Morgan fingerprint density at radius 2 is 2.00 bits per heavy atom. The minimum Gasteiger partial charge on any atom is -0.496 e. The highest BCUT2D eigenvalue weighted by Crippen LogP contribution is 2.19. The molecule has 0 bridgehead atoms. The van der Waals surface area contributed by atoms with Crippen molar-refractivity contribution in [2.24, 2.45) is 0 Å². The Morgan fingerprint density at radius 1 is 1.36 bits per heavy atom. The predicted octanol–water partition coefficient (Wildman–Crippen LogP) is 3.82. The first-order chi connectivity index (χ1) is 13.3. The van der Waals surface area contributed by atoms with E-state index in [4.69, 9.17) is 15.2 Å². The monoisotopic (exact) mass is 387 g/mol. The fourth-order valence-corrected chi connectivity index (χ4v) is 2.92. The van der Waals surface area contributed by atoms with Gasteiger partial charge in [0.15, 0.2) is 0 Å². The van der Waals surface area contributed by atoms with E-state index in [0.29, 0.717) is 5.69 Å². The zero-order valence-electron chi connectivity index (χ0n) is 17.1. The summed E-state index contributed by atoms with van der Waals surface area (Å²) >= 11 is 0. The number of nitrogens with two attached hydrogens (primary N) is 1. The SMILES string of the molecule is C=C(/C=C(/OC)C(=C)CC)CN1CC(N(C)C(=O)OCc2ccc(N)cc2)C1.[HH]. The molecule has 6 heteroatoms. The largest absolute Gasteiger partial charge is 0.496 e. The van der Waals surface area contributed by atoms with E-state index in [1.807, 2.05) is 25.1 Å². The lowest BCUT2D eigenvalue weighted by molar-refractivity contribution is 0.0367. The van der Waals surface area contributed by atoms with Crippen molar-refractivity contribution in [2.45, 2.75) is 26.0 Å². The number of hydrogen-bond acceptors (Lipinski definition) is 5. The van der Waals surface area contributed by atoms with Gasteiger partial charge in [0.1, 0.15) is 12.4 Å². The molecule has 154 valence electrons. The Labute approximate surface area is 169 Å². The van der Waals surface area contributed by atoms with Gasteiger partial charge in [-0.15, -0.1) is 0 Å². The first-order valence-electron chi connectivity index (χ1n) is 9.42. The minimum atomic E-state index is -0.318. The van der Waals surface area contributed by atoms with E-state index in [2.05, 4.69) is 18.1 Å². The topological polar surface area (TPSA) is 68.0 Å². The highest BCUT2D eigenvalue weighted by atomic mass is 16.6. The molecule has 0 aromatic heterocycles. The first kappa shape index (κ1) is 21.6. The Kier molecular flexibility index (Phi) is 7.70. The van der Waals surface area contributed by atoms with Crippen LogP contribution < -0.4 is 5.73 Å². The number of anilines is 1. The van der Waals surface area contributed by atoms with Gasteiger partial charge in [-0.3, -0.25) is 4.90 Å². The van der Waals surface area contributed by atoms with E-state index in [-0.39, 0.29) is 20.2 Å². The van der Waals surface area contributed by atoms with Gasteiger partial charge in [-0.05, 0) is 41.3 Å². The number of ether oxygens (including phenoxy) is 2. The summed E-state index contributed by atoms with van der Waals surface area (Å²) in [6.07, 6.45) is 2.45. The van der Waals surface area contributed by atoms with Crippen molar-refractivity contribution in [1.29, 1.82) is 0 Å². The normalized spacial score (nSPS) is 14.9. The van der Waals surface area contributed by atoms with Gasteiger partial charge in [0.25, 0.3) is 0 Å². The number of allylic oxidation sites excluding steroid dienone is 1. The van der Waals surface area contributed by atoms with Crippen molar-refractivity contribution in [3.05, 3.63) is 66.0 Å². The standard InChI is InChI=1S/C22H31N3O3.H2/c1-6-17(3)21(27-5)11-16(2)12-25-13-20(14-25)24(4)22(26)28-15-18-7-9-19(23)10-8-18;/h7-11,20H,2-3,6,12-15,23H2,1,4-5H3;1H/b21-11+;. The first-order valence-corrected chi connectivity index (χ1v) is 9.42. The molecule has 0 unspecified atom stereocenters. The average molecular weight is 388 g/mol. The molecule has 6 nitrogen and oxygen atoms in total. The Bertz CT molecular complexity index is 740. The van der Waals surface area contributed by atoms with Crippen LogP contribution in [0.1, 0.15) is 20.3 Å². The molecular formula is C22H33N3O3. The van der Waals surface area contributed by atoms with E-state index in [9.17, 15) is 4.79 Å². The van der Waals surface area contributed by atoms with Crippen molar-refractivity contribution < 1.29 is 15.7 Å². The van der Waals surface area contributed by atoms with E-state index in [0.717, 1.165) is 48.5 Å². The molecule has 2 N–H and O–H groups in total. The quantitative estimate of drug-likeness (QED) is 0.396. The molecule has 1 aliphatic rings. The molecular weight excluding hydrogens is 354 g/mol. The molecule has 28 heavy (non-hydrogen) atoms. The summed E-state index contributed by atoms with van der Waals surface area (Å²) in [6.45, 7) is 12.7. The van der Waals surface area contributed by atoms with E-state index >= 15 is 0 Å². The number of amides is 1. The summed E-state index contributed by atoms with van der Waals surface area (Å²) in [5.41, 5.74) is 9.17. The number of hydrogen-bond donors (Lipinski definition) is 1. The minimum absolute atomic E-state index is 0. The maximum absolute atomic E-state index is 12.2. The van der Waals surface area contributed by atoms with E-state index in [1.165, 1.54) is 0 Å². The second-order valence-electron chi connectivity index (χ2n) is 7.08. The molecule has 1 aliphatic heterocycles. The molecule has 1 fully saturated rings. The summed E-state index contributed by atoms with van der Waals surface area (Å²) < 4.78 is 10.8. The van der Waals surface area contributed by atoms with E-state index < -0.39 is 0 Å². The number of likely N-dealkylation sites (tertiary alicyclic amines) is 1. The van der Waals surface area contributed by atoms with Crippen LogP contribution in [-0.2, 0) is 16.1 Å². The van der Waals surface area contributed by atoms with Gasteiger partial charge >= 0.3 is 6.09 Å². The lowest BCUT2D eigenvalue weighted by Gasteiger charge is -2.43. The molecule has 0 radical (unpaired) electrons. The molecule has 0 atom stereocenters. The third-order valence-electron chi connectivity index (χ3n) is 4.87. The summed E-state index contributed by atoms with van der Waals surface area (Å²) in [5, 5.41) is 0. The summed E-state index contributed by atoms with van der Waals surface area (Å²) in [6, 6.07) is 7.44. The van der Waals surface area contributed by atoms with Crippen LogP contribution in [0.4, 0.5) is 10.5 Å². The van der Waals surface area contributed by atoms with Crippen molar-refractivity contribution >= 4 is 11.8 Å². The van der Waals surface area contributed by atoms with Gasteiger partial charge < -0.3 is 20.1 Å². The van der Waals surface area contributed by atoms with Crippen molar-refractivity contribution in [1.82, 2.24) is 9.80 Å². The predicted molar refractivity (Wildman–Crippen MR) is 115 cm³/mol. The fourth-order valence-electron chi connectivity index (χ4n) is 2.92. The summed E-state index contributed by atoms with van der Waals surface area (Å²) in [5.74, 6) is 0.771. The van der Waals surface area contributed by atoms with Crippen molar-refractivity contribution in [3.8, 4) is 0 Å². The second-order valence-corrected chi connectivity index (χ2v) is 7.08. The number of nitrogens with zero attached hydrogens (tertiary/aromatic N) is 2. The highest BCUT2D eigenvalue weighted by molar-refractivity contribution is 5.68. The zero-order chi connectivity index (χ0) is 20.7. The van der Waals surface area contributed by atoms with Gasteiger partial charge in [-0.2, -0.15) is 0 Å². The van der Waals surface area contributed by atoms with Crippen LogP contribution >= 0.6 is 0 Å². The lowest BCUT2D eigenvalue weighted by Crippen LogP contribution is -2.59. The van der Waals surface area contributed by atoms with Crippen LogP contribution in [0, 0.1) is 0 Å². The molecule has 0 spiro atoms. The number of rotatable bonds is 9. The Morgan fingerprint density at radius 3 is 2.57 bits per heavy atom. The number of benzene rings is 1. The van der Waals surface area contributed by atoms with Gasteiger partial charge in [0.05, 0.1) is 13.2 Å². The molecule has 1 heterocycles. The Balaban J connectivity index is 0.00000420. The maximum atomic E-state index is 12.2. The van der Waals surface area contributed by atoms with Crippen LogP contribution in [0.15, 0.2) is 60.4 Å². The molecule has 1 saturated heterocycles. The summed E-state index contributed by atoms with van der Waals surface area (Å²) in [7, 11) is 3.42. The molecule has 1 amide bonds. The maximum Gasteiger partial charge on any atom is 0.410 e. The third kappa shape index (κ3) is 5.89. The smallest absolute Gasteiger partial charge is 0.410 e. The molecule has 0 saturated carbocycles. The number of likely N-dealkylation sites (N-methyl/N-ethyl adjacent to an activating group) is 1.